The van der Waals surface area contributed by atoms with E-state index in [1.54, 1.807) is 36.4 Å². The van der Waals surface area contributed by atoms with Crippen molar-refractivity contribution in [2.75, 3.05) is 6.54 Å². The number of rotatable bonds is 13. The van der Waals surface area contributed by atoms with Crippen molar-refractivity contribution in [2.45, 2.75) is 43.8 Å². The smallest absolute Gasteiger partial charge is 0.247 e. The van der Waals surface area contributed by atoms with E-state index >= 15 is 0 Å². The molecule has 0 saturated carbocycles. The van der Waals surface area contributed by atoms with Gasteiger partial charge in [-0.2, -0.15) is 0 Å². The summed E-state index contributed by atoms with van der Waals surface area (Å²) in [6, 6.07) is 28.2. The molecule has 2 N–H and O–H groups in total. The van der Waals surface area contributed by atoms with Gasteiger partial charge in [-0.05, 0) is 46.9 Å². The number of nitrogens with one attached hydrogen (secondary N) is 2. The van der Waals surface area contributed by atoms with Gasteiger partial charge in [0.2, 0.25) is 21.8 Å². The van der Waals surface area contributed by atoms with Gasteiger partial charge in [0, 0.05) is 38.4 Å². The molecular weight excluding hydrogens is 536 g/mol. The van der Waals surface area contributed by atoms with E-state index in [-0.39, 0.29) is 36.2 Å². The highest BCUT2D eigenvalue weighted by atomic mass is 32.2. The number of carbonyl (C=O) groups excluding carboxylic acids is 2. The molecule has 8 nitrogen and oxygen atoms in total. The van der Waals surface area contributed by atoms with Gasteiger partial charge in [0.05, 0.1) is 4.90 Å². The van der Waals surface area contributed by atoms with Crippen LogP contribution in [0.15, 0.2) is 114 Å². The van der Waals surface area contributed by atoms with Crippen molar-refractivity contribution >= 4 is 21.8 Å². The van der Waals surface area contributed by atoms with Crippen molar-refractivity contribution in [3.63, 3.8) is 0 Å². The maximum atomic E-state index is 13.9. The number of benzene rings is 3. The van der Waals surface area contributed by atoms with Crippen LogP contribution in [0.1, 0.15) is 41.6 Å². The number of nitrogens with zero attached hydrogens (tertiary/aromatic N) is 2. The van der Waals surface area contributed by atoms with Gasteiger partial charge in [-0.3, -0.25) is 14.6 Å². The first kappa shape index (κ1) is 29.6. The second-order valence-electron chi connectivity index (χ2n) is 9.54. The number of hydrogen-bond acceptors (Lipinski definition) is 5. The van der Waals surface area contributed by atoms with Gasteiger partial charge in [0.15, 0.2) is 0 Å². The van der Waals surface area contributed by atoms with E-state index in [0.29, 0.717) is 18.5 Å². The summed E-state index contributed by atoms with van der Waals surface area (Å²) in [6.07, 6.45) is 3.91. The van der Waals surface area contributed by atoms with Crippen LogP contribution in [0.25, 0.3) is 0 Å². The number of aryl methyl sites for hydroxylation is 1. The van der Waals surface area contributed by atoms with Gasteiger partial charge in [-0.15, -0.1) is 0 Å². The molecule has 2 amide bonds. The predicted molar refractivity (Wildman–Crippen MR) is 158 cm³/mol. The number of aromatic nitrogens is 1. The number of hydrogen-bond donors (Lipinski definition) is 2. The van der Waals surface area contributed by atoms with Crippen LogP contribution in [0, 0.1) is 0 Å². The molecule has 4 rings (SSSR count). The van der Waals surface area contributed by atoms with Gasteiger partial charge < -0.3 is 10.2 Å². The third-order valence-corrected chi connectivity index (χ3v) is 8.14. The number of sulfonamides is 1. The normalized spacial score (nSPS) is 11.9. The molecule has 0 bridgehead atoms. The summed E-state index contributed by atoms with van der Waals surface area (Å²) in [5.74, 6) is -0.481. The molecule has 0 spiro atoms. The molecule has 1 atom stereocenters. The molecule has 9 heteroatoms. The van der Waals surface area contributed by atoms with Gasteiger partial charge in [-0.1, -0.05) is 85.8 Å². The van der Waals surface area contributed by atoms with E-state index in [1.165, 1.54) is 12.1 Å². The summed E-state index contributed by atoms with van der Waals surface area (Å²) < 4.78 is 27.0. The Labute approximate surface area is 241 Å². The first-order valence-corrected chi connectivity index (χ1v) is 15.0. The summed E-state index contributed by atoms with van der Waals surface area (Å²) in [7, 11) is -3.56. The van der Waals surface area contributed by atoms with Crippen LogP contribution in [0.5, 0.6) is 0 Å². The van der Waals surface area contributed by atoms with E-state index in [1.807, 2.05) is 72.8 Å². The molecule has 0 fully saturated rings. The lowest BCUT2D eigenvalue weighted by Crippen LogP contribution is -2.43. The Hall–Kier alpha value is -4.34. The molecular formula is C32H34N4O4S. The molecule has 1 heterocycles. The average Bonchev–Trinajstić information content (AvgIpc) is 3.00. The number of amides is 2. The minimum atomic E-state index is -3.56. The fraction of sp³-hybridized carbons (Fsp3) is 0.219. The maximum Gasteiger partial charge on any atom is 0.247 e. The van der Waals surface area contributed by atoms with Crippen molar-refractivity contribution in [3.8, 4) is 0 Å². The minimum Gasteiger partial charge on any atom is -0.350 e. The fourth-order valence-corrected chi connectivity index (χ4v) is 5.54. The summed E-state index contributed by atoms with van der Waals surface area (Å²) in [5.41, 5.74) is 3.29. The van der Waals surface area contributed by atoms with Gasteiger partial charge >= 0.3 is 0 Å². The van der Waals surface area contributed by atoms with Crippen LogP contribution in [-0.4, -0.2) is 36.7 Å². The van der Waals surface area contributed by atoms with Crippen molar-refractivity contribution < 1.29 is 18.0 Å². The molecule has 41 heavy (non-hydrogen) atoms. The molecule has 0 aliphatic rings. The molecule has 1 aromatic heterocycles. The van der Waals surface area contributed by atoms with Crippen LogP contribution in [0.2, 0.25) is 0 Å². The first-order chi connectivity index (χ1) is 19.9. The maximum absolute atomic E-state index is 13.9. The molecule has 212 valence electrons. The highest BCUT2D eigenvalue weighted by Crippen LogP contribution is 2.25. The predicted octanol–water partition coefficient (Wildman–Crippen LogP) is 4.40. The number of pyridine rings is 1. The molecule has 3 aromatic carbocycles. The summed E-state index contributed by atoms with van der Waals surface area (Å²) in [4.78, 5) is 33.5. The Bertz CT molecular complexity index is 1510. The van der Waals surface area contributed by atoms with Gasteiger partial charge in [0.1, 0.15) is 6.04 Å². The molecule has 0 radical (unpaired) electrons. The largest absolute Gasteiger partial charge is 0.350 e. The van der Waals surface area contributed by atoms with E-state index < -0.39 is 16.1 Å². The average molecular weight is 571 g/mol. The van der Waals surface area contributed by atoms with Crippen LogP contribution < -0.4 is 10.0 Å². The van der Waals surface area contributed by atoms with Crippen molar-refractivity contribution in [3.05, 3.63) is 132 Å². The molecule has 0 unspecified atom stereocenters. The Morgan fingerprint density at radius 1 is 0.829 bits per heavy atom. The van der Waals surface area contributed by atoms with E-state index in [0.717, 1.165) is 16.7 Å². The summed E-state index contributed by atoms with van der Waals surface area (Å²) in [5, 5.41) is 2.99. The Balaban J connectivity index is 1.58. The lowest BCUT2D eigenvalue weighted by molar-refractivity contribution is -0.141. The third-order valence-electron chi connectivity index (χ3n) is 6.58. The van der Waals surface area contributed by atoms with Crippen molar-refractivity contribution in [2.24, 2.45) is 0 Å². The first-order valence-electron chi connectivity index (χ1n) is 13.5. The van der Waals surface area contributed by atoms with Crippen LogP contribution in [0.3, 0.4) is 0 Å². The molecule has 0 aliphatic carbocycles. The Morgan fingerprint density at radius 3 is 2.12 bits per heavy atom. The lowest BCUT2D eigenvalue weighted by atomic mass is 10.0. The second-order valence-corrected chi connectivity index (χ2v) is 11.3. The standard InChI is InChI=1S/C32H34N4O4S/c1-2-35-41(39,40)29-18-15-25(16-19-29)17-20-30(37)36(24-26-10-5-3-6-11-26)31(28-13-7-4-8-14-28)32(38)34-23-27-12-9-21-33-22-27/h3-16,18-19,21-22,31,35H,2,17,20,23-24H2,1H3,(H,34,38)/t31-/m0/s1. The van der Waals surface area contributed by atoms with Crippen molar-refractivity contribution in [1.82, 2.24) is 19.9 Å². The Morgan fingerprint density at radius 2 is 1.49 bits per heavy atom. The zero-order chi connectivity index (χ0) is 29.1. The van der Waals surface area contributed by atoms with Crippen LogP contribution in [0.4, 0.5) is 0 Å². The lowest BCUT2D eigenvalue weighted by Gasteiger charge is -2.32. The van der Waals surface area contributed by atoms with E-state index in [2.05, 4.69) is 15.0 Å². The second kappa shape index (κ2) is 14.3. The summed E-state index contributed by atoms with van der Waals surface area (Å²) >= 11 is 0. The third kappa shape index (κ3) is 8.33. The highest BCUT2D eigenvalue weighted by Gasteiger charge is 2.31. The SMILES string of the molecule is CCNS(=O)(=O)c1ccc(CCC(=O)N(Cc2ccccc2)[C@H](C(=O)NCc2cccnc2)c2ccccc2)cc1. The van der Waals surface area contributed by atoms with Gasteiger partial charge in [-0.25, -0.2) is 13.1 Å². The molecule has 4 aromatic rings. The summed E-state index contributed by atoms with van der Waals surface area (Å²) in [6.45, 7) is 2.56. The van der Waals surface area contributed by atoms with Crippen molar-refractivity contribution in [1.29, 1.82) is 0 Å². The minimum absolute atomic E-state index is 0.144. The van der Waals surface area contributed by atoms with E-state index in [4.69, 9.17) is 0 Å². The zero-order valence-corrected chi connectivity index (χ0v) is 23.8. The van der Waals surface area contributed by atoms with Gasteiger partial charge in [0.25, 0.3) is 0 Å². The zero-order valence-electron chi connectivity index (χ0n) is 22.9. The quantitative estimate of drug-likeness (QED) is 0.248. The Kier molecular flexibility index (Phi) is 10.4. The highest BCUT2D eigenvalue weighted by molar-refractivity contribution is 7.89. The molecule has 0 saturated heterocycles. The van der Waals surface area contributed by atoms with Crippen LogP contribution in [-0.2, 0) is 39.1 Å². The molecule has 0 aliphatic heterocycles. The number of carbonyl (C=O) groups is 2. The monoisotopic (exact) mass is 570 g/mol. The van der Waals surface area contributed by atoms with Crippen LogP contribution >= 0.6 is 0 Å². The fourth-order valence-electron chi connectivity index (χ4n) is 4.50. The topological polar surface area (TPSA) is 108 Å². The van der Waals surface area contributed by atoms with E-state index in [9.17, 15) is 18.0 Å².